The molecule has 0 aliphatic heterocycles. The maximum Gasteiger partial charge on any atom is 0.367 e. The third kappa shape index (κ3) is 3.76. The minimum Gasteiger partial charge on any atom is -0.420 e. The summed E-state index contributed by atoms with van der Waals surface area (Å²) in [7, 11) is 1.77. The summed E-state index contributed by atoms with van der Waals surface area (Å²) < 4.78 is 23.2. The second-order valence-corrected chi connectivity index (χ2v) is 8.72. The zero-order valence-corrected chi connectivity index (χ0v) is 19.9. The molecule has 0 N–H and O–H groups in total. The molecule has 4 heterocycles. The Labute approximate surface area is 211 Å². The van der Waals surface area contributed by atoms with Crippen molar-refractivity contribution in [1.29, 1.82) is 0 Å². The number of ether oxygens (including phenoxy) is 1. The molecule has 0 amide bonds. The Balaban J connectivity index is 1.40. The van der Waals surface area contributed by atoms with E-state index in [1.54, 1.807) is 54.3 Å². The summed E-state index contributed by atoms with van der Waals surface area (Å²) in [6.45, 7) is 0.184. The molecule has 0 aliphatic rings. The molecule has 13 heteroatoms. The Morgan fingerprint density at radius 2 is 1.84 bits per heavy atom. The zero-order chi connectivity index (χ0) is 25.7. The molecule has 0 saturated heterocycles. The SMILES string of the molecule is Cn1c2cc(Oc3cccc([N+](=O)[O-])n3)ccc2c2cnn(Cc3cccc4c3cnn4SF)c(=O)c21. The highest BCUT2D eigenvalue weighted by atomic mass is 32.2. The Hall–Kier alpha value is -4.78. The van der Waals surface area contributed by atoms with Crippen LogP contribution in [0.4, 0.5) is 9.70 Å². The van der Waals surface area contributed by atoms with Crippen LogP contribution in [-0.2, 0) is 13.6 Å². The average Bonchev–Trinajstić information content (AvgIpc) is 3.45. The number of hydrogen-bond donors (Lipinski definition) is 0. The number of nitro groups is 1. The number of hydrogen-bond acceptors (Lipinski definition) is 8. The van der Waals surface area contributed by atoms with Gasteiger partial charge in [0, 0.05) is 46.4 Å². The summed E-state index contributed by atoms with van der Waals surface area (Å²) in [5, 5.41) is 21.6. The Morgan fingerprint density at radius 3 is 2.65 bits per heavy atom. The average molecular weight is 518 g/mol. The molecular weight excluding hydrogens is 501 g/mol. The predicted molar refractivity (Wildman–Crippen MR) is 136 cm³/mol. The van der Waals surface area contributed by atoms with Gasteiger partial charge in [-0.05, 0) is 34.8 Å². The molecule has 0 bridgehead atoms. The van der Waals surface area contributed by atoms with Gasteiger partial charge in [-0.15, -0.1) is 3.89 Å². The van der Waals surface area contributed by atoms with E-state index in [0.29, 0.717) is 22.2 Å². The van der Waals surface area contributed by atoms with Crippen molar-refractivity contribution in [3.8, 4) is 11.6 Å². The lowest BCUT2D eigenvalue weighted by Crippen LogP contribution is -2.24. The van der Waals surface area contributed by atoms with Gasteiger partial charge in [0.05, 0.1) is 30.0 Å². The molecule has 0 unspecified atom stereocenters. The molecule has 0 spiro atoms. The second-order valence-electron chi connectivity index (χ2n) is 8.24. The first-order chi connectivity index (χ1) is 17.9. The fraction of sp³-hybridized carbons (Fsp3) is 0.0833. The first kappa shape index (κ1) is 22.7. The first-order valence-corrected chi connectivity index (χ1v) is 11.6. The van der Waals surface area contributed by atoms with E-state index in [-0.39, 0.29) is 36.1 Å². The molecular formula is C24H16FN7O4S. The predicted octanol–water partition coefficient (Wildman–Crippen LogP) is 4.76. The van der Waals surface area contributed by atoms with Crippen molar-refractivity contribution in [2.24, 2.45) is 7.05 Å². The van der Waals surface area contributed by atoms with E-state index in [2.05, 4.69) is 15.2 Å². The summed E-state index contributed by atoms with van der Waals surface area (Å²) in [6, 6.07) is 14.9. The smallest absolute Gasteiger partial charge is 0.367 e. The number of fused-ring (bicyclic) bond motifs is 4. The Kier molecular flexibility index (Phi) is 5.34. The maximum absolute atomic E-state index is 13.5. The first-order valence-electron chi connectivity index (χ1n) is 11.0. The van der Waals surface area contributed by atoms with Crippen LogP contribution >= 0.6 is 12.3 Å². The molecule has 0 fully saturated rings. The van der Waals surface area contributed by atoms with Crippen LogP contribution in [-0.4, -0.2) is 33.4 Å². The van der Waals surface area contributed by atoms with Crippen LogP contribution in [0.1, 0.15) is 5.56 Å². The Morgan fingerprint density at radius 1 is 1.03 bits per heavy atom. The Bertz CT molecular complexity index is 1910. The zero-order valence-electron chi connectivity index (χ0n) is 19.1. The lowest BCUT2D eigenvalue weighted by molar-refractivity contribution is -0.389. The molecule has 184 valence electrons. The topological polar surface area (TPSA) is 123 Å². The van der Waals surface area contributed by atoms with Crippen LogP contribution in [0.3, 0.4) is 0 Å². The highest BCUT2D eigenvalue weighted by Crippen LogP contribution is 2.31. The lowest BCUT2D eigenvalue weighted by Gasteiger charge is -2.07. The highest BCUT2D eigenvalue weighted by molar-refractivity contribution is 7.92. The molecule has 0 aliphatic carbocycles. The number of nitrogens with zero attached hydrogens (tertiary/aromatic N) is 7. The fourth-order valence-corrected chi connectivity index (χ4v) is 4.75. The van der Waals surface area contributed by atoms with Crippen LogP contribution in [0.25, 0.3) is 32.7 Å². The largest absolute Gasteiger partial charge is 0.420 e. The van der Waals surface area contributed by atoms with Gasteiger partial charge in [0.15, 0.2) is 12.3 Å². The number of rotatable bonds is 6. The molecule has 4 aromatic heterocycles. The van der Waals surface area contributed by atoms with E-state index < -0.39 is 4.92 Å². The number of benzene rings is 2. The normalized spacial score (nSPS) is 11.5. The van der Waals surface area contributed by atoms with Crippen molar-refractivity contribution < 1.29 is 13.5 Å². The van der Waals surface area contributed by atoms with Crippen LogP contribution in [0.15, 0.2) is 71.8 Å². The van der Waals surface area contributed by atoms with Crippen molar-refractivity contribution in [1.82, 2.24) is 28.5 Å². The van der Waals surface area contributed by atoms with Crippen LogP contribution in [0.2, 0.25) is 0 Å². The summed E-state index contributed by atoms with van der Waals surface area (Å²) >= 11 is 0.00673. The van der Waals surface area contributed by atoms with E-state index in [9.17, 15) is 18.8 Å². The molecule has 2 aromatic carbocycles. The lowest BCUT2D eigenvalue weighted by atomic mass is 10.1. The van der Waals surface area contributed by atoms with Crippen molar-refractivity contribution >= 4 is 50.9 Å². The van der Waals surface area contributed by atoms with E-state index >= 15 is 0 Å². The quantitative estimate of drug-likeness (QED) is 0.229. The fourth-order valence-electron chi connectivity index (χ4n) is 4.44. The monoisotopic (exact) mass is 517 g/mol. The summed E-state index contributed by atoms with van der Waals surface area (Å²) in [5.41, 5.74) is 2.28. The third-order valence-corrected chi connectivity index (χ3v) is 6.57. The van der Waals surface area contributed by atoms with Crippen LogP contribution in [0.5, 0.6) is 11.6 Å². The van der Waals surface area contributed by atoms with Crippen molar-refractivity contribution in [3.05, 3.63) is 93.0 Å². The van der Waals surface area contributed by atoms with E-state index in [4.69, 9.17) is 4.74 Å². The van der Waals surface area contributed by atoms with Crippen LogP contribution < -0.4 is 10.3 Å². The van der Waals surface area contributed by atoms with Gasteiger partial charge in [-0.3, -0.25) is 4.79 Å². The summed E-state index contributed by atoms with van der Waals surface area (Å²) in [4.78, 5) is 27.8. The van der Waals surface area contributed by atoms with E-state index in [1.165, 1.54) is 27.0 Å². The van der Waals surface area contributed by atoms with Gasteiger partial charge < -0.3 is 19.4 Å². The highest BCUT2D eigenvalue weighted by Gasteiger charge is 2.17. The standard InChI is InChI=1S/C24H16FN7O4S/c1-29-20-10-15(36-22-7-3-6-21(28-22)32(34)35)8-9-16(20)18-12-26-30(24(33)23(18)29)13-14-4-2-5-19-17(14)11-27-31(19)37-25/h2-12H,13H2,1H3. The van der Waals surface area contributed by atoms with Gasteiger partial charge in [-0.25, -0.2) is 4.68 Å². The summed E-state index contributed by atoms with van der Waals surface area (Å²) in [5.74, 6) is 0.176. The van der Waals surface area contributed by atoms with Gasteiger partial charge in [0.25, 0.3) is 5.56 Å². The third-order valence-electron chi connectivity index (χ3n) is 6.15. The van der Waals surface area contributed by atoms with Crippen LogP contribution in [0, 0.1) is 10.1 Å². The molecule has 6 rings (SSSR count). The number of halogens is 1. The maximum atomic E-state index is 13.5. The minimum atomic E-state index is -0.593. The second kappa shape index (κ2) is 8.71. The molecule has 37 heavy (non-hydrogen) atoms. The van der Waals surface area contributed by atoms with Gasteiger partial charge >= 0.3 is 11.7 Å². The summed E-state index contributed by atoms with van der Waals surface area (Å²) in [6.07, 6.45) is 3.21. The van der Waals surface area contributed by atoms with Gasteiger partial charge in [0.2, 0.25) is 0 Å². The molecule has 6 aromatic rings. The van der Waals surface area contributed by atoms with Gasteiger partial charge in [-0.2, -0.15) is 14.3 Å². The molecule has 0 saturated carbocycles. The number of pyridine rings is 1. The van der Waals surface area contributed by atoms with Gasteiger partial charge in [0.1, 0.15) is 11.3 Å². The van der Waals surface area contributed by atoms with E-state index in [1.807, 2.05) is 6.07 Å². The molecule has 0 atom stereocenters. The van der Waals surface area contributed by atoms with E-state index in [0.717, 1.165) is 21.9 Å². The van der Waals surface area contributed by atoms with Gasteiger partial charge in [-0.1, -0.05) is 12.1 Å². The number of aromatic nitrogens is 6. The van der Waals surface area contributed by atoms with Crippen molar-refractivity contribution in [2.45, 2.75) is 6.54 Å². The van der Waals surface area contributed by atoms with Crippen molar-refractivity contribution in [2.75, 3.05) is 0 Å². The number of aryl methyl sites for hydroxylation is 1. The molecule has 0 radical (unpaired) electrons. The molecule has 11 nitrogen and oxygen atoms in total. The van der Waals surface area contributed by atoms with Crippen molar-refractivity contribution in [3.63, 3.8) is 0 Å². The minimum absolute atomic E-state index is 0.00673.